The lowest BCUT2D eigenvalue weighted by Gasteiger charge is -2.08. The lowest BCUT2D eigenvalue weighted by atomic mass is 10.2. The van der Waals surface area contributed by atoms with E-state index in [1.54, 1.807) is 14.2 Å². The topological polar surface area (TPSA) is 69.2 Å². The predicted octanol–water partition coefficient (Wildman–Crippen LogP) is 2.38. The molecular formula is C14H18N4O2. The summed E-state index contributed by atoms with van der Waals surface area (Å²) >= 11 is 0. The minimum Gasteiger partial charge on any atom is -0.497 e. The molecule has 6 heteroatoms. The Morgan fingerprint density at radius 2 is 1.85 bits per heavy atom. The number of aromatic nitrogens is 3. The van der Waals surface area contributed by atoms with Crippen LogP contribution >= 0.6 is 0 Å². The van der Waals surface area contributed by atoms with Gasteiger partial charge in [0.2, 0.25) is 5.95 Å². The number of rotatable bonds is 6. The van der Waals surface area contributed by atoms with E-state index in [4.69, 9.17) is 9.47 Å². The summed E-state index contributed by atoms with van der Waals surface area (Å²) < 4.78 is 10.6. The molecule has 2 aromatic rings. The molecule has 0 bridgehead atoms. The van der Waals surface area contributed by atoms with Crippen molar-refractivity contribution < 1.29 is 9.47 Å². The first-order chi connectivity index (χ1) is 9.76. The maximum atomic E-state index is 5.48. The fourth-order valence-corrected chi connectivity index (χ4v) is 1.60. The van der Waals surface area contributed by atoms with Crippen LogP contribution < -0.4 is 14.8 Å². The number of hydrogen-bond donors (Lipinski definition) is 1. The second-order valence-corrected chi connectivity index (χ2v) is 4.09. The van der Waals surface area contributed by atoms with Gasteiger partial charge >= 0.3 is 6.01 Å². The number of nitrogens with zero attached hydrogens (tertiary/aromatic N) is 3. The number of benzene rings is 1. The first-order valence-electron chi connectivity index (χ1n) is 6.48. The van der Waals surface area contributed by atoms with Crippen molar-refractivity contribution in [2.24, 2.45) is 0 Å². The second kappa shape index (κ2) is 6.70. The molecule has 20 heavy (non-hydrogen) atoms. The summed E-state index contributed by atoms with van der Waals surface area (Å²) in [6.07, 6.45) is 0.901. The molecule has 1 aromatic heterocycles. The highest BCUT2D eigenvalue weighted by molar-refractivity contribution is 5.57. The van der Waals surface area contributed by atoms with Gasteiger partial charge in [-0.3, -0.25) is 0 Å². The van der Waals surface area contributed by atoms with Gasteiger partial charge in [0.15, 0.2) is 5.82 Å². The Bertz CT molecular complexity index is 558. The standard InChI is InChI=1S/C14H18N4O2/c1-4-9-20-14-17-12(16-13(15-2)18-14)10-5-7-11(19-3)8-6-10/h5-8H,4,9H2,1-3H3,(H,15,16,17,18). The number of ether oxygens (including phenoxy) is 2. The second-order valence-electron chi connectivity index (χ2n) is 4.09. The van der Waals surface area contributed by atoms with Gasteiger partial charge in [-0.1, -0.05) is 6.92 Å². The first-order valence-corrected chi connectivity index (χ1v) is 6.48. The van der Waals surface area contributed by atoms with E-state index in [1.165, 1.54) is 0 Å². The molecule has 0 fully saturated rings. The zero-order valence-corrected chi connectivity index (χ0v) is 11.9. The fraction of sp³-hybridized carbons (Fsp3) is 0.357. The third kappa shape index (κ3) is 3.34. The Morgan fingerprint density at radius 3 is 2.45 bits per heavy atom. The van der Waals surface area contributed by atoms with Gasteiger partial charge < -0.3 is 14.8 Å². The molecule has 0 spiro atoms. The highest BCUT2D eigenvalue weighted by Crippen LogP contribution is 2.21. The molecule has 0 aliphatic carbocycles. The molecule has 1 N–H and O–H groups in total. The molecule has 0 radical (unpaired) electrons. The van der Waals surface area contributed by atoms with Gasteiger partial charge in [-0.15, -0.1) is 0 Å². The Balaban J connectivity index is 2.33. The lowest BCUT2D eigenvalue weighted by molar-refractivity contribution is 0.292. The van der Waals surface area contributed by atoms with Crippen LogP contribution in [0.5, 0.6) is 11.8 Å². The van der Waals surface area contributed by atoms with Gasteiger partial charge in [0.05, 0.1) is 13.7 Å². The first kappa shape index (κ1) is 14.0. The van der Waals surface area contributed by atoms with Gasteiger partial charge in [0.1, 0.15) is 5.75 Å². The lowest BCUT2D eigenvalue weighted by Crippen LogP contribution is -2.06. The average molecular weight is 274 g/mol. The molecule has 2 rings (SSSR count). The molecule has 6 nitrogen and oxygen atoms in total. The molecule has 0 saturated heterocycles. The molecule has 1 aromatic carbocycles. The van der Waals surface area contributed by atoms with Crippen LogP contribution in [0.3, 0.4) is 0 Å². The molecule has 0 saturated carbocycles. The van der Waals surface area contributed by atoms with Crippen molar-refractivity contribution in [3.05, 3.63) is 24.3 Å². The van der Waals surface area contributed by atoms with E-state index in [-0.39, 0.29) is 0 Å². The highest BCUT2D eigenvalue weighted by atomic mass is 16.5. The number of anilines is 1. The average Bonchev–Trinajstić information content (AvgIpc) is 2.52. The zero-order chi connectivity index (χ0) is 14.4. The third-order valence-electron chi connectivity index (χ3n) is 2.62. The van der Waals surface area contributed by atoms with Gasteiger partial charge in [0.25, 0.3) is 0 Å². The zero-order valence-electron chi connectivity index (χ0n) is 11.9. The van der Waals surface area contributed by atoms with Crippen molar-refractivity contribution >= 4 is 5.95 Å². The Kier molecular flexibility index (Phi) is 4.70. The van der Waals surface area contributed by atoms with Crippen LogP contribution in [0, 0.1) is 0 Å². The van der Waals surface area contributed by atoms with E-state index in [0.717, 1.165) is 17.7 Å². The van der Waals surface area contributed by atoms with Gasteiger partial charge in [-0.2, -0.15) is 15.0 Å². The molecular weight excluding hydrogens is 256 g/mol. The smallest absolute Gasteiger partial charge is 0.321 e. The summed E-state index contributed by atoms with van der Waals surface area (Å²) in [6.45, 7) is 2.61. The number of nitrogens with one attached hydrogen (secondary N) is 1. The largest absolute Gasteiger partial charge is 0.497 e. The van der Waals surface area contributed by atoms with Crippen molar-refractivity contribution in [2.75, 3.05) is 26.1 Å². The van der Waals surface area contributed by atoms with E-state index < -0.39 is 0 Å². The Hall–Kier alpha value is -2.37. The number of methoxy groups -OCH3 is 1. The Labute approximate surface area is 118 Å². The van der Waals surface area contributed by atoms with E-state index in [0.29, 0.717) is 24.4 Å². The maximum Gasteiger partial charge on any atom is 0.321 e. The van der Waals surface area contributed by atoms with Crippen LogP contribution in [0.15, 0.2) is 24.3 Å². The summed E-state index contributed by atoms with van der Waals surface area (Å²) in [5.41, 5.74) is 0.881. The van der Waals surface area contributed by atoms with Gasteiger partial charge in [-0.05, 0) is 30.7 Å². The van der Waals surface area contributed by atoms with E-state index >= 15 is 0 Å². The normalized spacial score (nSPS) is 10.2. The van der Waals surface area contributed by atoms with E-state index in [9.17, 15) is 0 Å². The summed E-state index contributed by atoms with van der Waals surface area (Å²) in [4.78, 5) is 12.8. The highest BCUT2D eigenvalue weighted by Gasteiger charge is 2.08. The minimum atomic E-state index is 0.331. The van der Waals surface area contributed by atoms with Crippen molar-refractivity contribution in [3.8, 4) is 23.1 Å². The predicted molar refractivity (Wildman–Crippen MR) is 77.1 cm³/mol. The molecule has 0 atom stereocenters. The molecule has 1 heterocycles. The van der Waals surface area contributed by atoms with Crippen molar-refractivity contribution in [1.82, 2.24) is 15.0 Å². The van der Waals surface area contributed by atoms with E-state index in [2.05, 4.69) is 20.3 Å². The maximum absolute atomic E-state index is 5.48. The fourth-order valence-electron chi connectivity index (χ4n) is 1.60. The Morgan fingerprint density at radius 1 is 1.10 bits per heavy atom. The summed E-state index contributed by atoms with van der Waals surface area (Å²) in [7, 11) is 3.39. The van der Waals surface area contributed by atoms with Crippen molar-refractivity contribution in [1.29, 1.82) is 0 Å². The van der Waals surface area contributed by atoms with Crippen LogP contribution in [0.1, 0.15) is 13.3 Å². The molecule has 0 amide bonds. The van der Waals surface area contributed by atoms with Crippen LogP contribution in [0.4, 0.5) is 5.95 Å². The SMILES string of the molecule is CCCOc1nc(NC)nc(-c2ccc(OC)cc2)n1. The van der Waals surface area contributed by atoms with Crippen LogP contribution in [0.2, 0.25) is 0 Å². The van der Waals surface area contributed by atoms with E-state index in [1.807, 2.05) is 31.2 Å². The third-order valence-corrected chi connectivity index (χ3v) is 2.62. The molecule has 0 aliphatic heterocycles. The molecule has 0 aliphatic rings. The number of hydrogen-bond acceptors (Lipinski definition) is 6. The molecule has 106 valence electrons. The minimum absolute atomic E-state index is 0.331. The summed E-state index contributed by atoms with van der Waals surface area (Å²) in [5.74, 6) is 1.84. The quantitative estimate of drug-likeness (QED) is 0.872. The van der Waals surface area contributed by atoms with Crippen LogP contribution in [-0.2, 0) is 0 Å². The van der Waals surface area contributed by atoms with Crippen molar-refractivity contribution in [3.63, 3.8) is 0 Å². The van der Waals surface area contributed by atoms with Gasteiger partial charge in [0, 0.05) is 12.6 Å². The summed E-state index contributed by atoms with van der Waals surface area (Å²) in [6, 6.07) is 7.86. The van der Waals surface area contributed by atoms with Crippen LogP contribution in [0.25, 0.3) is 11.4 Å². The van der Waals surface area contributed by atoms with Gasteiger partial charge in [-0.25, -0.2) is 0 Å². The summed E-state index contributed by atoms with van der Waals surface area (Å²) in [5, 5.41) is 2.91. The molecule has 0 unspecified atom stereocenters. The van der Waals surface area contributed by atoms with Crippen molar-refractivity contribution in [2.45, 2.75) is 13.3 Å². The van der Waals surface area contributed by atoms with Crippen LogP contribution in [-0.4, -0.2) is 35.7 Å². The monoisotopic (exact) mass is 274 g/mol.